The summed E-state index contributed by atoms with van der Waals surface area (Å²) in [6.45, 7) is 0. The first-order chi connectivity index (χ1) is 5.61. The minimum Gasteiger partial charge on any atom is -0.480 e. The molecule has 0 fully saturated rings. The maximum Gasteiger partial charge on any atom is 0.320 e. The van der Waals surface area contributed by atoms with Gasteiger partial charge in [0.1, 0.15) is 6.04 Å². The van der Waals surface area contributed by atoms with Gasteiger partial charge in [-0.25, -0.2) is 0 Å². The van der Waals surface area contributed by atoms with E-state index in [4.69, 9.17) is 22.4 Å². The van der Waals surface area contributed by atoms with Gasteiger partial charge in [0, 0.05) is 6.42 Å². The molecule has 1 aromatic heterocycles. The van der Waals surface area contributed by atoms with Crippen molar-refractivity contribution in [3.8, 4) is 0 Å². The number of hydrogen-bond acceptors (Lipinski definition) is 3. The molecule has 1 heterocycles. The van der Waals surface area contributed by atoms with Gasteiger partial charge in [-0.2, -0.15) is 0 Å². The van der Waals surface area contributed by atoms with Gasteiger partial charge in [-0.15, -0.1) is 23.7 Å². The monoisotopic (exact) mass is 241 g/mol. The average Bonchev–Trinajstić information content (AvgIpc) is 2.36. The van der Waals surface area contributed by atoms with E-state index in [0.29, 0.717) is 4.34 Å². The van der Waals surface area contributed by atoms with Crippen LogP contribution in [0.15, 0.2) is 11.4 Å². The van der Waals surface area contributed by atoms with Crippen LogP contribution in [0.1, 0.15) is 5.56 Å². The Labute approximate surface area is 90.9 Å². The Bertz CT molecular complexity index is 290. The van der Waals surface area contributed by atoms with Gasteiger partial charge in [-0.3, -0.25) is 4.79 Å². The number of carboxylic acid groups (broad SMARTS) is 1. The lowest BCUT2D eigenvalue weighted by atomic mass is 10.1. The lowest BCUT2D eigenvalue weighted by molar-refractivity contribution is -0.138. The zero-order chi connectivity index (χ0) is 9.14. The van der Waals surface area contributed by atoms with Crippen LogP contribution in [0.5, 0.6) is 0 Å². The fraction of sp³-hybridized carbons (Fsp3) is 0.286. The van der Waals surface area contributed by atoms with Gasteiger partial charge in [0.2, 0.25) is 0 Å². The van der Waals surface area contributed by atoms with E-state index in [2.05, 4.69) is 0 Å². The zero-order valence-electron chi connectivity index (χ0n) is 6.57. The van der Waals surface area contributed by atoms with Crippen molar-refractivity contribution in [3.63, 3.8) is 0 Å². The van der Waals surface area contributed by atoms with Crippen LogP contribution in [0.25, 0.3) is 0 Å². The topological polar surface area (TPSA) is 63.3 Å². The highest BCUT2D eigenvalue weighted by Gasteiger charge is 2.14. The van der Waals surface area contributed by atoms with E-state index < -0.39 is 12.0 Å². The summed E-state index contributed by atoms with van der Waals surface area (Å²) in [5.41, 5.74) is 6.13. The van der Waals surface area contributed by atoms with E-state index in [1.807, 2.05) is 5.38 Å². The summed E-state index contributed by atoms with van der Waals surface area (Å²) in [5.74, 6) is -1.00. The van der Waals surface area contributed by atoms with Gasteiger partial charge in [0.15, 0.2) is 0 Å². The molecule has 6 heteroatoms. The molecule has 0 amide bonds. The van der Waals surface area contributed by atoms with Crippen LogP contribution in [-0.4, -0.2) is 17.1 Å². The predicted molar refractivity (Wildman–Crippen MR) is 55.9 cm³/mol. The van der Waals surface area contributed by atoms with Gasteiger partial charge in [0.25, 0.3) is 0 Å². The maximum atomic E-state index is 10.4. The maximum absolute atomic E-state index is 10.4. The van der Waals surface area contributed by atoms with Crippen molar-refractivity contribution in [2.45, 2.75) is 12.5 Å². The zero-order valence-corrected chi connectivity index (χ0v) is 8.96. The molecule has 0 aliphatic carbocycles. The molecule has 1 rings (SSSR count). The second-order valence-electron chi connectivity index (χ2n) is 2.37. The summed E-state index contributed by atoms with van der Waals surface area (Å²) in [5, 5.41) is 10.3. The lowest BCUT2D eigenvalue weighted by Gasteiger charge is -2.03. The van der Waals surface area contributed by atoms with Crippen LogP contribution in [0, 0.1) is 0 Å². The molecule has 3 N–H and O–H groups in total. The fourth-order valence-corrected chi connectivity index (χ4v) is 1.74. The van der Waals surface area contributed by atoms with Crippen LogP contribution < -0.4 is 5.73 Å². The van der Waals surface area contributed by atoms with E-state index in [1.165, 1.54) is 11.3 Å². The second kappa shape index (κ2) is 5.44. The quantitative estimate of drug-likeness (QED) is 0.849. The molecule has 0 aliphatic heterocycles. The largest absolute Gasteiger partial charge is 0.480 e. The number of rotatable bonds is 3. The Morgan fingerprint density at radius 2 is 2.38 bits per heavy atom. The van der Waals surface area contributed by atoms with Crippen LogP contribution in [0.2, 0.25) is 4.34 Å². The third-order valence-electron chi connectivity index (χ3n) is 1.45. The van der Waals surface area contributed by atoms with E-state index >= 15 is 0 Å². The van der Waals surface area contributed by atoms with Crippen molar-refractivity contribution in [2.24, 2.45) is 5.73 Å². The number of thiophene rings is 1. The molecule has 0 aromatic carbocycles. The van der Waals surface area contributed by atoms with Gasteiger partial charge < -0.3 is 10.8 Å². The molecular weight excluding hydrogens is 233 g/mol. The molecule has 0 saturated carbocycles. The van der Waals surface area contributed by atoms with Crippen LogP contribution in [0.3, 0.4) is 0 Å². The summed E-state index contributed by atoms with van der Waals surface area (Å²) in [7, 11) is 0. The minimum absolute atomic E-state index is 0. The second-order valence-corrected chi connectivity index (χ2v) is 3.89. The summed E-state index contributed by atoms with van der Waals surface area (Å²) >= 11 is 7.13. The Morgan fingerprint density at radius 3 is 2.77 bits per heavy atom. The van der Waals surface area contributed by atoms with Crippen LogP contribution in [0.4, 0.5) is 0 Å². The van der Waals surface area contributed by atoms with Crippen molar-refractivity contribution < 1.29 is 9.90 Å². The molecular formula is C7H9Cl2NO2S. The summed E-state index contributed by atoms with van der Waals surface area (Å²) in [4.78, 5) is 10.4. The highest BCUT2D eigenvalue weighted by atomic mass is 35.5. The normalized spacial score (nSPS) is 11.8. The van der Waals surface area contributed by atoms with Crippen LogP contribution >= 0.6 is 35.3 Å². The SMILES string of the molecule is Cl.NC(Cc1ccsc1Cl)C(=O)O. The van der Waals surface area contributed by atoms with Crippen molar-refractivity contribution in [2.75, 3.05) is 0 Å². The molecule has 74 valence electrons. The van der Waals surface area contributed by atoms with Crippen molar-refractivity contribution in [1.29, 1.82) is 0 Å². The molecule has 0 bridgehead atoms. The Hall–Kier alpha value is -0.290. The number of aliphatic carboxylic acids is 1. The number of nitrogens with two attached hydrogens (primary N) is 1. The number of carbonyl (C=O) groups is 1. The third-order valence-corrected chi connectivity index (χ3v) is 2.70. The summed E-state index contributed by atoms with van der Waals surface area (Å²) in [6, 6.07) is 0.924. The number of hydrogen-bond donors (Lipinski definition) is 2. The first-order valence-electron chi connectivity index (χ1n) is 3.31. The Morgan fingerprint density at radius 1 is 1.77 bits per heavy atom. The highest BCUT2D eigenvalue weighted by Crippen LogP contribution is 2.23. The first kappa shape index (κ1) is 12.7. The molecule has 1 atom stereocenters. The molecule has 1 unspecified atom stereocenters. The van der Waals surface area contributed by atoms with Gasteiger partial charge in [-0.05, 0) is 17.0 Å². The molecule has 0 aliphatic rings. The molecule has 0 spiro atoms. The Balaban J connectivity index is 0.00000144. The van der Waals surface area contributed by atoms with Gasteiger partial charge in [0.05, 0.1) is 4.34 Å². The number of halogens is 2. The molecule has 1 aromatic rings. The molecule has 0 radical (unpaired) electrons. The minimum atomic E-state index is -1.00. The standard InChI is InChI=1S/C7H8ClNO2S.ClH/c8-6-4(1-2-12-6)3-5(9)7(10)11;/h1-2,5H,3,9H2,(H,10,11);1H. The van der Waals surface area contributed by atoms with E-state index in [1.54, 1.807) is 6.07 Å². The molecule has 0 saturated heterocycles. The average molecular weight is 242 g/mol. The van der Waals surface area contributed by atoms with E-state index in [0.717, 1.165) is 5.56 Å². The number of carboxylic acids is 1. The molecule has 3 nitrogen and oxygen atoms in total. The smallest absolute Gasteiger partial charge is 0.320 e. The first-order valence-corrected chi connectivity index (χ1v) is 4.57. The van der Waals surface area contributed by atoms with Crippen molar-refractivity contribution in [1.82, 2.24) is 0 Å². The van der Waals surface area contributed by atoms with Crippen molar-refractivity contribution in [3.05, 3.63) is 21.3 Å². The van der Waals surface area contributed by atoms with Crippen molar-refractivity contribution >= 4 is 41.3 Å². The highest BCUT2D eigenvalue weighted by molar-refractivity contribution is 7.14. The van der Waals surface area contributed by atoms with Gasteiger partial charge >= 0.3 is 5.97 Å². The molecule has 13 heavy (non-hydrogen) atoms. The van der Waals surface area contributed by atoms with Gasteiger partial charge in [-0.1, -0.05) is 11.6 Å². The third kappa shape index (κ3) is 3.52. The fourth-order valence-electron chi connectivity index (χ4n) is 0.790. The Kier molecular flexibility index (Phi) is 5.32. The van der Waals surface area contributed by atoms with E-state index in [-0.39, 0.29) is 18.8 Å². The van der Waals surface area contributed by atoms with E-state index in [9.17, 15) is 4.79 Å². The summed E-state index contributed by atoms with van der Waals surface area (Å²) in [6.07, 6.45) is 0.289. The summed E-state index contributed by atoms with van der Waals surface area (Å²) < 4.78 is 0.617. The lowest BCUT2D eigenvalue weighted by Crippen LogP contribution is -2.32. The van der Waals surface area contributed by atoms with Crippen LogP contribution in [-0.2, 0) is 11.2 Å². The predicted octanol–water partition coefficient (Wildman–Crippen LogP) is 1.78.